The van der Waals surface area contributed by atoms with E-state index in [9.17, 15) is 43.2 Å². The number of carbonyl (C=O) groups excluding carboxylic acids is 4. The van der Waals surface area contributed by atoms with Crippen molar-refractivity contribution in [1.29, 1.82) is 0 Å². The molecule has 7 atom stereocenters. The summed E-state index contributed by atoms with van der Waals surface area (Å²) in [6.07, 6.45) is 46.0. The van der Waals surface area contributed by atoms with Gasteiger partial charge in [0.1, 0.15) is 19.3 Å². The van der Waals surface area contributed by atoms with Crippen LogP contribution in [0.5, 0.6) is 0 Å². The summed E-state index contributed by atoms with van der Waals surface area (Å²) in [6, 6.07) is 0. The highest BCUT2D eigenvalue weighted by Gasteiger charge is 2.30. The number of unbranched alkanes of at least 4 members (excludes halogenated alkanes) is 34. The van der Waals surface area contributed by atoms with Gasteiger partial charge in [0.05, 0.1) is 26.4 Å². The van der Waals surface area contributed by atoms with Gasteiger partial charge in [0.2, 0.25) is 0 Å². The minimum absolute atomic E-state index is 0.101. The molecule has 0 aliphatic heterocycles. The maximum atomic E-state index is 13.1. The standard InChI is InChI=1S/C73H142O17P2/c1-9-65(7)51-43-35-26-22-18-13-11-12-14-20-24-28-39-47-55-72(77)89-68(59-83-70(75)53-45-37-27-23-19-16-15-17-21-25-33-41-49-63(3)4)61-87-91(79,80)85-57-67(74)58-86-92(81,82)88-62-69(90-73(78)56-48-40-31-29-34-42-50-64(5)6)60-84-71(76)54-46-38-32-30-36-44-52-66(8)10-2/h63-69,74H,9-62H2,1-8H3,(H,79,80)(H,81,82)/t65?,66?,67-,68-,69-/m1/s1. The van der Waals surface area contributed by atoms with E-state index < -0.39 is 97.5 Å². The molecule has 0 amide bonds. The lowest BCUT2D eigenvalue weighted by Gasteiger charge is -2.21. The molecule has 0 saturated carbocycles. The number of phosphoric ester groups is 2. The second-order valence-electron chi connectivity index (χ2n) is 27.8. The molecule has 0 saturated heterocycles. The molecule has 0 bridgehead atoms. The van der Waals surface area contributed by atoms with E-state index in [1.165, 1.54) is 161 Å². The second kappa shape index (κ2) is 62.6. The topological polar surface area (TPSA) is 237 Å². The second-order valence-corrected chi connectivity index (χ2v) is 30.7. The number of ether oxygens (including phenoxy) is 4. The van der Waals surface area contributed by atoms with Gasteiger partial charge in [-0.05, 0) is 49.4 Å². The molecule has 17 nitrogen and oxygen atoms in total. The molecule has 0 spiro atoms. The molecule has 546 valence electrons. The Kier molecular flexibility index (Phi) is 61.3. The van der Waals surface area contributed by atoms with E-state index in [1.54, 1.807) is 0 Å². The smallest absolute Gasteiger partial charge is 0.462 e. The highest BCUT2D eigenvalue weighted by Crippen LogP contribution is 2.45. The Bertz CT molecular complexity index is 1820. The van der Waals surface area contributed by atoms with Gasteiger partial charge >= 0.3 is 39.5 Å². The summed E-state index contributed by atoms with van der Waals surface area (Å²) < 4.78 is 68.3. The summed E-state index contributed by atoms with van der Waals surface area (Å²) in [5.74, 6) is 0.898. The average molecular weight is 1350 g/mol. The predicted octanol–water partition coefficient (Wildman–Crippen LogP) is 20.9. The summed E-state index contributed by atoms with van der Waals surface area (Å²) >= 11 is 0. The lowest BCUT2D eigenvalue weighted by molar-refractivity contribution is -0.161. The quantitative estimate of drug-likeness (QED) is 0.0222. The van der Waals surface area contributed by atoms with Crippen LogP contribution in [-0.4, -0.2) is 96.7 Å². The lowest BCUT2D eigenvalue weighted by atomic mass is 9.99. The van der Waals surface area contributed by atoms with Crippen LogP contribution in [0, 0.1) is 23.7 Å². The number of rotatable bonds is 70. The fourth-order valence-corrected chi connectivity index (χ4v) is 12.5. The number of carbonyl (C=O) groups is 4. The summed E-state index contributed by atoms with van der Waals surface area (Å²) in [6.45, 7) is 14.1. The summed E-state index contributed by atoms with van der Waals surface area (Å²) in [5.41, 5.74) is 0. The van der Waals surface area contributed by atoms with E-state index in [4.69, 9.17) is 37.0 Å². The third-order valence-electron chi connectivity index (χ3n) is 17.5. The number of aliphatic hydroxyl groups excluding tert-OH is 1. The van der Waals surface area contributed by atoms with Crippen LogP contribution in [0.1, 0.15) is 364 Å². The van der Waals surface area contributed by atoms with Crippen molar-refractivity contribution in [3.8, 4) is 0 Å². The third-order valence-corrected chi connectivity index (χ3v) is 19.4. The highest BCUT2D eigenvalue weighted by atomic mass is 31.2. The van der Waals surface area contributed by atoms with Gasteiger partial charge in [0.15, 0.2) is 12.2 Å². The Morgan fingerprint density at radius 1 is 0.304 bits per heavy atom. The van der Waals surface area contributed by atoms with E-state index in [2.05, 4.69) is 55.4 Å². The number of esters is 4. The van der Waals surface area contributed by atoms with Crippen LogP contribution in [0.4, 0.5) is 0 Å². The van der Waals surface area contributed by atoms with Crippen molar-refractivity contribution >= 4 is 39.5 Å². The van der Waals surface area contributed by atoms with Crippen LogP contribution in [0.2, 0.25) is 0 Å². The van der Waals surface area contributed by atoms with Crippen LogP contribution in [0.25, 0.3) is 0 Å². The summed E-state index contributed by atoms with van der Waals surface area (Å²) in [7, 11) is -9.91. The van der Waals surface area contributed by atoms with Gasteiger partial charge in [-0.25, -0.2) is 9.13 Å². The molecule has 0 aromatic carbocycles. The maximum absolute atomic E-state index is 13.1. The van der Waals surface area contributed by atoms with Gasteiger partial charge in [0, 0.05) is 25.7 Å². The molecule has 3 N–H and O–H groups in total. The number of hydrogen-bond donors (Lipinski definition) is 3. The average Bonchev–Trinajstić information content (AvgIpc) is 2.54. The third kappa shape index (κ3) is 64.1. The number of aliphatic hydroxyl groups is 1. The Morgan fingerprint density at radius 3 is 0.772 bits per heavy atom. The van der Waals surface area contributed by atoms with Crippen molar-refractivity contribution in [3.63, 3.8) is 0 Å². The van der Waals surface area contributed by atoms with Gasteiger partial charge in [-0.1, -0.05) is 312 Å². The molecule has 4 unspecified atom stereocenters. The van der Waals surface area contributed by atoms with Gasteiger partial charge < -0.3 is 33.8 Å². The normalized spacial score (nSPS) is 14.8. The molecular weight excluding hydrogens is 1210 g/mol. The number of hydrogen-bond acceptors (Lipinski definition) is 15. The lowest BCUT2D eigenvalue weighted by Crippen LogP contribution is -2.30. The molecule has 0 fully saturated rings. The van der Waals surface area contributed by atoms with Crippen molar-refractivity contribution in [2.45, 2.75) is 382 Å². The first-order valence-electron chi connectivity index (χ1n) is 37.8. The molecule has 92 heavy (non-hydrogen) atoms. The molecule has 0 aromatic rings. The summed E-state index contributed by atoms with van der Waals surface area (Å²) in [4.78, 5) is 72.6. The molecule has 0 rings (SSSR count). The van der Waals surface area contributed by atoms with E-state index >= 15 is 0 Å². The van der Waals surface area contributed by atoms with Crippen molar-refractivity contribution < 1.29 is 80.2 Å². The minimum Gasteiger partial charge on any atom is -0.462 e. The first kappa shape index (κ1) is 90.1. The SMILES string of the molecule is CCC(C)CCCCCCCCCCCCCCCCC(=O)O[C@H](COC(=O)CCCCCCCCCCCCCCC(C)C)COP(=O)(O)OC[C@@H](O)COP(=O)(O)OC[C@@H](COC(=O)CCCCCCCCC(C)CC)OC(=O)CCCCCCCCC(C)C. The van der Waals surface area contributed by atoms with Crippen molar-refractivity contribution in [3.05, 3.63) is 0 Å². The van der Waals surface area contributed by atoms with Crippen molar-refractivity contribution in [2.24, 2.45) is 23.7 Å². The monoisotopic (exact) mass is 1350 g/mol. The molecule has 19 heteroatoms. The zero-order valence-electron chi connectivity index (χ0n) is 60.2. The molecule has 0 heterocycles. The van der Waals surface area contributed by atoms with E-state index in [0.717, 1.165) is 114 Å². The molecule has 0 aromatic heterocycles. The zero-order valence-corrected chi connectivity index (χ0v) is 62.0. The zero-order chi connectivity index (χ0) is 68.2. The first-order valence-corrected chi connectivity index (χ1v) is 40.8. The Morgan fingerprint density at radius 2 is 0.522 bits per heavy atom. The largest absolute Gasteiger partial charge is 0.472 e. The Hall–Kier alpha value is -1.94. The Balaban J connectivity index is 5.23. The first-order chi connectivity index (χ1) is 44.2. The molecule has 0 aliphatic carbocycles. The molecular formula is C73H142O17P2. The molecule has 0 radical (unpaired) electrons. The van der Waals surface area contributed by atoms with Gasteiger partial charge in [-0.15, -0.1) is 0 Å². The molecule has 0 aliphatic rings. The minimum atomic E-state index is -4.96. The van der Waals surface area contributed by atoms with E-state index in [0.29, 0.717) is 31.6 Å². The fourth-order valence-electron chi connectivity index (χ4n) is 11.0. The fraction of sp³-hybridized carbons (Fsp3) is 0.945. The Labute approximate surface area is 562 Å². The van der Waals surface area contributed by atoms with Crippen LogP contribution < -0.4 is 0 Å². The maximum Gasteiger partial charge on any atom is 0.472 e. The summed E-state index contributed by atoms with van der Waals surface area (Å²) in [5, 5.41) is 10.6. The predicted molar refractivity (Wildman–Crippen MR) is 372 cm³/mol. The number of phosphoric acid groups is 2. The van der Waals surface area contributed by atoms with Gasteiger partial charge in [-0.3, -0.25) is 37.3 Å². The van der Waals surface area contributed by atoms with Crippen molar-refractivity contribution in [1.82, 2.24) is 0 Å². The van der Waals surface area contributed by atoms with Crippen LogP contribution in [-0.2, 0) is 65.4 Å². The van der Waals surface area contributed by atoms with E-state index in [1.807, 2.05) is 0 Å². The van der Waals surface area contributed by atoms with Gasteiger partial charge in [0.25, 0.3) is 0 Å². The van der Waals surface area contributed by atoms with Crippen LogP contribution in [0.3, 0.4) is 0 Å². The van der Waals surface area contributed by atoms with Crippen molar-refractivity contribution in [2.75, 3.05) is 39.6 Å². The van der Waals surface area contributed by atoms with Crippen LogP contribution in [0.15, 0.2) is 0 Å². The van der Waals surface area contributed by atoms with E-state index in [-0.39, 0.29) is 25.7 Å². The van der Waals surface area contributed by atoms with Gasteiger partial charge in [-0.2, -0.15) is 0 Å². The van der Waals surface area contributed by atoms with Crippen LogP contribution >= 0.6 is 15.6 Å². The highest BCUT2D eigenvalue weighted by molar-refractivity contribution is 7.47.